The van der Waals surface area contributed by atoms with Crippen LogP contribution >= 0.6 is 0 Å². The molecule has 1 aliphatic rings. The Bertz CT molecular complexity index is 583. The van der Waals surface area contributed by atoms with Crippen LogP contribution in [-0.2, 0) is 14.8 Å². The van der Waals surface area contributed by atoms with Gasteiger partial charge in [-0.2, -0.15) is 0 Å². The Morgan fingerprint density at radius 1 is 1.40 bits per heavy atom. The third-order valence-corrected chi connectivity index (χ3v) is 5.13. The summed E-state index contributed by atoms with van der Waals surface area (Å²) in [7, 11) is -3.73. The van der Waals surface area contributed by atoms with Crippen LogP contribution in [0.3, 0.4) is 0 Å². The van der Waals surface area contributed by atoms with Gasteiger partial charge in [-0.25, -0.2) is 17.5 Å². The number of nitrogen functional groups attached to an aromatic ring is 1. The fraction of sp³-hybridized carbons (Fsp3) is 0.538. The molecule has 7 heteroatoms. The topological polar surface area (TPSA) is 81.4 Å². The monoisotopic (exact) mass is 302 g/mol. The molecule has 0 bridgehead atoms. The molecule has 1 heterocycles. The second kappa shape index (κ2) is 5.67. The van der Waals surface area contributed by atoms with E-state index < -0.39 is 15.8 Å². The molecule has 1 aromatic rings. The molecular formula is C13H19FN2O3S. The molecule has 0 atom stereocenters. The summed E-state index contributed by atoms with van der Waals surface area (Å²) in [5.74, 6) is -0.558. The summed E-state index contributed by atoms with van der Waals surface area (Å²) in [5.41, 5.74) is 5.36. The van der Waals surface area contributed by atoms with E-state index in [9.17, 15) is 12.8 Å². The molecule has 1 saturated heterocycles. The van der Waals surface area contributed by atoms with E-state index in [1.807, 2.05) is 6.92 Å². The van der Waals surface area contributed by atoms with E-state index >= 15 is 0 Å². The highest BCUT2D eigenvalue weighted by Crippen LogP contribution is 2.29. The minimum atomic E-state index is -3.73. The first kappa shape index (κ1) is 15.2. The largest absolute Gasteiger partial charge is 0.398 e. The number of hydrogen-bond donors (Lipinski definition) is 2. The zero-order valence-corrected chi connectivity index (χ0v) is 12.2. The normalized spacial score (nSPS) is 18.9. The van der Waals surface area contributed by atoms with Crippen LogP contribution in [-0.4, -0.2) is 28.2 Å². The number of anilines is 1. The molecule has 1 fully saturated rings. The molecule has 20 heavy (non-hydrogen) atoms. The van der Waals surface area contributed by atoms with E-state index in [4.69, 9.17) is 10.5 Å². The first-order valence-corrected chi connectivity index (χ1v) is 7.93. The molecule has 0 aromatic heterocycles. The molecule has 0 spiro atoms. The Morgan fingerprint density at radius 3 is 2.65 bits per heavy atom. The maximum atomic E-state index is 13.0. The van der Waals surface area contributed by atoms with Gasteiger partial charge in [-0.1, -0.05) is 6.92 Å². The van der Waals surface area contributed by atoms with Crippen LogP contribution in [0.2, 0.25) is 0 Å². The van der Waals surface area contributed by atoms with Crippen LogP contribution in [0.25, 0.3) is 0 Å². The lowest BCUT2D eigenvalue weighted by molar-refractivity contribution is 0.0265. The maximum Gasteiger partial charge on any atom is 0.242 e. The van der Waals surface area contributed by atoms with Gasteiger partial charge in [-0.05, 0) is 36.5 Å². The van der Waals surface area contributed by atoms with E-state index in [0.717, 1.165) is 25.0 Å². The summed E-state index contributed by atoms with van der Waals surface area (Å²) in [6.07, 6.45) is 1.60. The van der Waals surface area contributed by atoms with E-state index in [2.05, 4.69) is 4.72 Å². The van der Waals surface area contributed by atoms with Gasteiger partial charge in [0.05, 0.1) is 5.69 Å². The van der Waals surface area contributed by atoms with Gasteiger partial charge in [-0.3, -0.25) is 0 Å². The smallest absolute Gasteiger partial charge is 0.242 e. The Balaban J connectivity index is 2.11. The van der Waals surface area contributed by atoms with Crippen LogP contribution in [0.15, 0.2) is 23.1 Å². The molecule has 1 aliphatic heterocycles. The first-order chi connectivity index (χ1) is 9.32. The zero-order chi connectivity index (χ0) is 14.8. The quantitative estimate of drug-likeness (QED) is 0.826. The lowest BCUT2D eigenvalue weighted by atomic mass is 9.83. The summed E-state index contributed by atoms with van der Waals surface area (Å²) in [5, 5.41) is 0. The minimum absolute atomic E-state index is 0.0883. The summed E-state index contributed by atoms with van der Waals surface area (Å²) in [6, 6.07) is 3.27. The Kier molecular flexibility index (Phi) is 4.31. The van der Waals surface area contributed by atoms with Gasteiger partial charge in [0.1, 0.15) is 10.7 Å². The molecule has 0 amide bonds. The number of nitrogens with one attached hydrogen (secondary N) is 1. The predicted molar refractivity (Wildman–Crippen MR) is 74.2 cm³/mol. The minimum Gasteiger partial charge on any atom is -0.398 e. The molecule has 2 rings (SSSR count). The van der Waals surface area contributed by atoms with Crippen molar-refractivity contribution in [2.45, 2.75) is 24.7 Å². The highest BCUT2D eigenvalue weighted by molar-refractivity contribution is 7.89. The number of sulfonamides is 1. The van der Waals surface area contributed by atoms with E-state index in [1.54, 1.807) is 0 Å². The van der Waals surface area contributed by atoms with Crippen molar-refractivity contribution in [2.24, 2.45) is 5.41 Å². The third-order valence-electron chi connectivity index (χ3n) is 3.65. The second-order valence-corrected chi connectivity index (χ2v) is 7.17. The van der Waals surface area contributed by atoms with Crippen molar-refractivity contribution in [3.63, 3.8) is 0 Å². The molecule has 3 N–H and O–H groups in total. The number of rotatable bonds is 4. The van der Waals surface area contributed by atoms with Gasteiger partial charge >= 0.3 is 0 Å². The standard InChI is InChI=1S/C13H19FN2O3S/c1-13(4-6-19-7-5-13)9-16-20(17,18)12-3-2-10(14)8-11(12)15/h2-3,8,16H,4-7,9,15H2,1H3. The van der Waals surface area contributed by atoms with Crippen LogP contribution in [0.5, 0.6) is 0 Å². The Labute approximate surface area is 118 Å². The fourth-order valence-electron chi connectivity index (χ4n) is 2.15. The van der Waals surface area contributed by atoms with Crippen molar-refractivity contribution >= 4 is 15.7 Å². The molecular weight excluding hydrogens is 283 g/mol. The Hall–Kier alpha value is -1.18. The van der Waals surface area contributed by atoms with Gasteiger partial charge in [0.15, 0.2) is 0 Å². The second-order valence-electron chi connectivity index (χ2n) is 5.43. The Morgan fingerprint density at radius 2 is 2.05 bits per heavy atom. The van der Waals surface area contributed by atoms with Crippen molar-refractivity contribution in [1.82, 2.24) is 4.72 Å². The van der Waals surface area contributed by atoms with Crippen LogP contribution in [0, 0.1) is 11.2 Å². The van der Waals surface area contributed by atoms with Crippen LogP contribution in [0.4, 0.5) is 10.1 Å². The molecule has 0 unspecified atom stereocenters. The predicted octanol–water partition coefficient (Wildman–Crippen LogP) is 1.50. The molecule has 0 aliphatic carbocycles. The van der Waals surface area contributed by atoms with Gasteiger partial charge in [0, 0.05) is 19.8 Å². The number of benzene rings is 1. The third kappa shape index (κ3) is 3.47. The fourth-order valence-corrected chi connectivity index (χ4v) is 3.46. The zero-order valence-electron chi connectivity index (χ0n) is 11.4. The summed E-state index contributed by atoms with van der Waals surface area (Å²) in [6.45, 7) is 3.61. The molecule has 5 nitrogen and oxygen atoms in total. The van der Waals surface area contributed by atoms with Gasteiger partial charge in [0.25, 0.3) is 0 Å². The summed E-state index contributed by atoms with van der Waals surface area (Å²) in [4.78, 5) is -0.0884. The molecule has 0 saturated carbocycles. The average Bonchev–Trinajstić information content (AvgIpc) is 2.37. The maximum absolute atomic E-state index is 13.0. The SMILES string of the molecule is CC1(CNS(=O)(=O)c2ccc(F)cc2N)CCOCC1. The van der Waals surface area contributed by atoms with Crippen LogP contribution < -0.4 is 10.5 Å². The van der Waals surface area contributed by atoms with Crippen molar-refractivity contribution in [2.75, 3.05) is 25.5 Å². The number of ether oxygens (including phenoxy) is 1. The van der Waals surface area contributed by atoms with Gasteiger partial charge in [0.2, 0.25) is 10.0 Å². The lowest BCUT2D eigenvalue weighted by Gasteiger charge is -2.33. The molecule has 0 radical (unpaired) electrons. The first-order valence-electron chi connectivity index (χ1n) is 6.45. The summed E-state index contributed by atoms with van der Waals surface area (Å²) >= 11 is 0. The van der Waals surface area contributed by atoms with Crippen molar-refractivity contribution in [3.05, 3.63) is 24.0 Å². The van der Waals surface area contributed by atoms with Crippen molar-refractivity contribution in [1.29, 1.82) is 0 Å². The summed E-state index contributed by atoms with van der Waals surface area (Å²) < 4.78 is 45.2. The van der Waals surface area contributed by atoms with Gasteiger partial charge < -0.3 is 10.5 Å². The highest BCUT2D eigenvalue weighted by Gasteiger charge is 2.29. The lowest BCUT2D eigenvalue weighted by Crippen LogP contribution is -2.39. The van der Waals surface area contributed by atoms with Crippen molar-refractivity contribution in [3.8, 4) is 0 Å². The van der Waals surface area contributed by atoms with Crippen molar-refractivity contribution < 1.29 is 17.5 Å². The number of halogens is 1. The molecule has 112 valence electrons. The highest BCUT2D eigenvalue weighted by atomic mass is 32.2. The number of nitrogens with two attached hydrogens (primary N) is 1. The van der Waals surface area contributed by atoms with E-state index in [1.165, 1.54) is 6.07 Å². The van der Waals surface area contributed by atoms with E-state index in [0.29, 0.717) is 19.8 Å². The molecule has 1 aromatic carbocycles. The average molecular weight is 302 g/mol. The number of hydrogen-bond acceptors (Lipinski definition) is 4. The van der Waals surface area contributed by atoms with Gasteiger partial charge in [-0.15, -0.1) is 0 Å². The van der Waals surface area contributed by atoms with E-state index in [-0.39, 0.29) is 16.0 Å². The van der Waals surface area contributed by atoms with Crippen LogP contribution in [0.1, 0.15) is 19.8 Å².